The van der Waals surface area contributed by atoms with Crippen LogP contribution in [0.3, 0.4) is 0 Å². The lowest BCUT2D eigenvalue weighted by Crippen LogP contribution is -2.36. The smallest absolute Gasteiger partial charge is 0.271 e. The molecule has 7 heteroatoms. The summed E-state index contributed by atoms with van der Waals surface area (Å²) in [7, 11) is 1.91. The van der Waals surface area contributed by atoms with E-state index in [1.807, 2.05) is 48.3 Å². The largest absolute Gasteiger partial charge is 0.506 e. The Balaban J connectivity index is 1.50. The SMILES string of the molecule is CN(C(=O)Cc1ccc(C=NNC(=O)c2ccc(O)c(Cl)c2)c2ccccc12)C1CCCC1. The molecule has 3 aromatic rings. The Kier molecular flexibility index (Phi) is 6.94. The van der Waals surface area contributed by atoms with Crippen LogP contribution in [-0.4, -0.2) is 41.1 Å². The lowest BCUT2D eigenvalue weighted by Gasteiger charge is -2.24. The third-order valence-electron chi connectivity index (χ3n) is 6.24. The molecule has 0 unspecified atom stereocenters. The van der Waals surface area contributed by atoms with E-state index < -0.39 is 5.91 Å². The van der Waals surface area contributed by atoms with E-state index in [2.05, 4.69) is 10.5 Å². The zero-order valence-electron chi connectivity index (χ0n) is 18.4. The van der Waals surface area contributed by atoms with E-state index in [9.17, 15) is 14.7 Å². The molecule has 0 spiro atoms. The lowest BCUT2D eigenvalue weighted by atomic mass is 9.97. The predicted molar refractivity (Wildman–Crippen MR) is 131 cm³/mol. The van der Waals surface area contributed by atoms with Crippen molar-refractivity contribution in [2.24, 2.45) is 5.10 Å². The van der Waals surface area contributed by atoms with Crippen molar-refractivity contribution < 1.29 is 14.7 Å². The first kappa shape index (κ1) is 22.8. The topological polar surface area (TPSA) is 82.0 Å². The lowest BCUT2D eigenvalue weighted by molar-refractivity contribution is -0.131. The molecule has 2 amide bonds. The van der Waals surface area contributed by atoms with Crippen molar-refractivity contribution in [2.75, 3.05) is 7.05 Å². The average molecular weight is 464 g/mol. The molecule has 1 saturated carbocycles. The fourth-order valence-electron chi connectivity index (χ4n) is 4.31. The van der Waals surface area contributed by atoms with Crippen LogP contribution in [0.4, 0.5) is 0 Å². The second kappa shape index (κ2) is 10.0. The summed E-state index contributed by atoms with van der Waals surface area (Å²) >= 11 is 5.86. The number of benzene rings is 3. The number of hydrazone groups is 1. The highest BCUT2D eigenvalue weighted by molar-refractivity contribution is 6.32. The van der Waals surface area contributed by atoms with E-state index in [-0.39, 0.29) is 16.7 Å². The van der Waals surface area contributed by atoms with Gasteiger partial charge in [0.25, 0.3) is 5.91 Å². The Labute approximate surface area is 197 Å². The second-order valence-electron chi connectivity index (χ2n) is 8.34. The fraction of sp³-hybridized carbons (Fsp3) is 0.269. The first-order valence-electron chi connectivity index (χ1n) is 11.0. The molecule has 0 bridgehead atoms. The Morgan fingerprint density at radius 1 is 1.12 bits per heavy atom. The van der Waals surface area contributed by atoms with Gasteiger partial charge in [0.2, 0.25) is 5.91 Å². The number of likely N-dealkylation sites (N-methyl/N-ethyl adjacent to an activating group) is 1. The minimum absolute atomic E-state index is 0.0869. The van der Waals surface area contributed by atoms with Gasteiger partial charge in [0.15, 0.2) is 0 Å². The van der Waals surface area contributed by atoms with Crippen LogP contribution in [-0.2, 0) is 11.2 Å². The second-order valence-corrected chi connectivity index (χ2v) is 8.75. The van der Waals surface area contributed by atoms with E-state index in [1.165, 1.54) is 31.0 Å². The van der Waals surface area contributed by atoms with Gasteiger partial charge in [-0.3, -0.25) is 9.59 Å². The number of amides is 2. The van der Waals surface area contributed by atoms with Crippen LogP contribution in [0.1, 0.15) is 47.2 Å². The number of fused-ring (bicyclic) bond motifs is 1. The van der Waals surface area contributed by atoms with Crippen molar-refractivity contribution in [1.82, 2.24) is 10.3 Å². The van der Waals surface area contributed by atoms with Crippen LogP contribution in [0, 0.1) is 0 Å². The maximum Gasteiger partial charge on any atom is 0.271 e. The van der Waals surface area contributed by atoms with E-state index in [4.69, 9.17) is 11.6 Å². The Morgan fingerprint density at radius 3 is 2.58 bits per heavy atom. The van der Waals surface area contributed by atoms with Crippen LogP contribution in [0.25, 0.3) is 10.8 Å². The first-order valence-corrected chi connectivity index (χ1v) is 11.4. The molecule has 1 aliphatic rings. The molecular weight excluding hydrogens is 438 g/mol. The minimum Gasteiger partial charge on any atom is -0.506 e. The molecule has 0 heterocycles. The highest BCUT2D eigenvalue weighted by atomic mass is 35.5. The molecular formula is C26H26ClN3O3. The van der Waals surface area contributed by atoms with Gasteiger partial charge in [0.05, 0.1) is 17.7 Å². The summed E-state index contributed by atoms with van der Waals surface area (Å²) in [5, 5.41) is 15.6. The molecule has 1 aliphatic carbocycles. The van der Waals surface area contributed by atoms with Gasteiger partial charge in [-0.15, -0.1) is 0 Å². The summed E-state index contributed by atoms with van der Waals surface area (Å²) in [6.45, 7) is 0. The van der Waals surface area contributed by atoms with Crippen LogP contribution < -0.4 is 5.43 Å². The van der Waals surface area contributed by atoms with Crippen molar-refractivity contribution in [3.05, 3.63) is 76.3 Å². The van der Waals surface area contributed by atoms with E-state index in [0.717, 1.165) is 34.7 Å². The Hall–Kier alpha value is -3.38. The third kappa shape index (κ3) is 5.17. The van der Waals surface area contributed by atoms with Gasteiger partial charge in [-0.05, 0) is 47.4 Å². The highest BCUT2D eigenvalue weighted by Crippen LogP contribution is 2.26. The number of rotatable bonds is 6. The quantitative estimate of drug-likeness (QED) is 0.402. The van der Waals surface area contributed by atoms with Gasteiger partial charge in [-0.1, -0.05) is 60.8 Å². The van der Waals surface area contributed by atoms with Crippen molar-refractivity contribution >= 4 is 40.4 Å². The molecule has 33 heavy (non-hydrogen) atoms. The number of carbonyl (C=O) groups excluding carboxylic acids is 2. The molecule has 6 nitrogen and oxygen atoms in total. The van der Waals surface area contributed by atoms with E-state index >= 15 is 0 Å². The number of carbonyl (C=O) groups is 2. The molecule has 0 atom stereocenters. The van der Waals surface area contributed by atoms with E-state index in [1.54, 1.807) is 6.21 Å². The van der Waals surface area contributed by atoms with Crippen LogP contribution in [0.2, 0.25) is 5.02 Å². The Bertz CT molecular complexity index is 1220. The number of halogens is 1. The zero-order valence-corrected chi connectivity index (χ0v) is 19.2. The highest BCUT2D eigenvalue weighted by Gasteiger charge is 2.23. The molecule has 0 aromatic heterocycles. The number of nitrogens with zero attached hydrogens (tertiary/aromatic N) is 2. The maximum absolute atomic E-state index is 12.9. The maximum atomic E-state index is 12.9. The van der Waals surface area contributed by atoms with Crippen LogP contribution in [0.15, 0.2) is 59.7 Å². The van der Waals surface area contributed by atoms with Crippen molar-refractivity contribution in [1.29, 1.82) is 0 Å². The molecule has 0 saturated heterocycles. The number of nitrogens with one attached hydrogen (secondary N) is 1. The molecule has 4 rings (SSSR count). The monoisotopic (exact) mass is 463 g/mol. The molecule has 0 aliphatic heterocycles. The summed E-state index contributed by atoms with van der Waals surface area (Å²) in [4.78, 5) is 27.1. The number of hydrogen-bond acceptors (Lipinski definition) is 4. The summed E-state index contributed by atoms with van der Waals surface area (Å²) < 4.78 is 0. The number of phenols is 1. The van der Waals surface area contributed by atoms with E-state index in [0.29, 0.717) is 18.0 Å². The summed E-state index contributed by atoms with van der Waals surface area (Å²) in [6, 6.07) is 16.3. The van der Waals surface area contributed by atoms with Crippen molar-refractivity contribution in [3.63, 3.8) is 0 Å². The average Bonchev–Trinajstić information content (AvgIpc) is 3.36. The van der Waals surface area contributed by atoms with Crippen LogP contribution >= 0.6 is 11.6 Å². The number of phenolic OH excluding ortho intramolecular Hbond substituents is 1. The van der Waals surface area contributed by atoms with Crippen molar-refractivity contribution in [3.8, 4) is 5.75 Å². The van der Waals surface area contributed by atoms with Crippen LogP contribution in [0.5, 0.6) is 5.75 Å². The molecule has 2 N–H and O–H groups in total. The van der Waals surface area contributed by atoms with Gasteiger partial charge in [-0.2, -0.15) is 5.10 Å². The van der Waals surface area contributed by atoms with Gasteiger partial charge in [0, 0.05) is 24.2 Å². The molecule has 1 fully saturated rings. The number of aromatic hydroxyl groups is 1. The number of hydrogen-bond donors (Lipinski definition) is 2. The van der Waals surface area contributed by atoms with Gasteiger partial charge in [-0.25, -0.2) is 5.43 Å². The zero-order chi connectivity index (χ0) is 23.4. The van der Waals surface area contributed by atoms with Crippen molar-refractivity contribution in [2.45, 2.75) is 38.1 Å². The Morgan fingerprint density at radius 2 is 1.85 bits per heavy atom. The molecule has 170 valence electrons. The molecule has 0 radical (unpaired) electrons. The predicted octanol–water partition coefficient (Wildman–Crippen LogP) is 4.91. The molecule has 3 aromatic carbocycles. The van der Waals surface area contributed by atoms with Gasteiger partial charge in [0.1, 0.15) is 5.75 Å². The standard InChI is InChI=1S/C26H26ClN3O3/c1-30(20-6-2-3-7-20)25(32)15-17-10-11-19(22-9-5-4-8-21(17)22)16-28-29-26(33)18-12-13-24(31)23(27)14-18/h4-5,8-14,16,20,31H,2-3,6-7,15H2,1H3,(H,29,33). The van der Waals surface area contributed by atoms with Gasteiger partial charge < -0.3 is 10.0 Å². The summed E-state index contributed by atoms with van der Waals surface area (Å²) in [5.41, 5.74) is 4.57. The summed E-state index contributed by atoms with van der Waals surface area (Å²) in [5.74, 6) is -0.390. The fourth-order valence-corrected chi connectivity index (χ4v) is 4.49. The minimum atomic E-state index is -0.436. The third-order valence-corrected chi connectivity index (χ3v) is 6.54. The normalized spacial score (nSPS) is 14.1. The van der Waals surface area contributed by atoms with Gasteiger partial charge >= 0.3 is 0 Å². The summed E-state index contributed by atoms with van der Waals surface area (Å²) in [6.07, 6.45) is 6.48. The first-order chi connectivity index (χ1) is 15.9.